The summed E-state index contributed by atoms with van der Waals surface area (Å²) in [6.45, 7) is 9.37. The van der Waals surface area contributed by atoms with Gasteiger partial charge in [0, 0.05) is 45.0 Å². The molecular formula is C66H52N2. The van der Waals surface area contributed by atoms with Crippen LogP contribution in [0.5, 0.6) is 0 Å². The van der Waals surface area contributed by atoms with Gasteiger partial charge in [0.15, 0.2) is 0 Å². The van der Waals surface area contributed by atoms with Crippen molar-refractivity contribution in [2.45, 2.75) is 38.5 Å². The van der Waals surface area contributed by atoms with E-state index in [-0.39, 0.29) is 10.8 Å². The third kappa shape index (κ3) is 6.95. The molecular weight excluding hydrogens is 821 g/mol. The Morgan fingerprint density at radius 1 is 0.221 bits per heavy atom. The molecule has 0 fully saturated rings. The summed E-state index contributed by atoms with van der Waals surface area (Å²) < 4.78 is 0. The molecule has 68 heavy (non-hydrogen) atoms. The summed E-state index contributed by atoms with van der Waals surface area (Å²) in [5, 5.41) is 0. The number of fused-ring (bicyclic) bond motifs is 6. The second kappa shape index (κ2) is 16.3. The van der Waals surface area contributed by atoms with Crippen LogP contribution < -0.4 is 9.80 Å². The molecule has 0 N–H and O–H groups in total. The van der Waals surface area contributed by atoms with Crippen molar-refractivity contribution in [3.8, 4) is 55.6 Å². The minimum atomic E-state index is -0.0572. The Morgan fingerprint density at radius 3 is 0.794 bits per heavy atom. The molecule has 0 bridgehead atoms. The highest BCUT2D eigenvalue weighted by atomic mass is 15.1. The van der Waals surface area contributed by atoms with Crippen LogP contribution in [0.15, 0.2) is 243 Å². The van der Waals surface area contributed by atoms with E-state index in [1.165, 1.54) is 77.9 Å². The van der Waals surface area contributed by atoms with Crippen LogP contribution in [0, 0.1) is 0 Å². The van der Waals surface area contributed by atoms with Crippen molar-refractivity contribution >= 4 is 34.1 Å². The standard InChI is InChI=1S/C66H52N2/c1-65(2)61-21-13-11-19-57(61)59-43-55(39-41-63(59)65)67(51-31-23-47(24-32-51)45-15-7-5-8-16-45)53-35-27-49(28-36-53)50-29-37-54(38-30-50)68(52-33-25-48(26-34-52)46-17-9-6-10-18-46)56-40-42-64-60(44-56)58-20-12-14-22-62(58)66(64,3)4/h5-44H,1-4H3. The molecule has 0 radical (unpaired) electrons. The average Bonchev–Trinajstić information content (AvgIpc) is 3.76. The van der Waals surface area contributed by atoms with Crippen molar-refractivity contribution in [2.75, 3.05) is 9.80 Å². The number of hydrogen-bond donors (Lipinski definition) is 0. The molecule has 10 aromatic rings. The summed E-state index contributed by atoms with van der Waals surface area (Å²) in [6.07, 6.45) is 0. The first kappa shape index (κ1) is 41.2. The molecule has 10 aromatic carbocycles. The number of benzene rings is 10. The largest absolute Gasteiger partial charge is 0.310 e. The fourth-order valence-electron chi connectivity index (χ4n) is 11.1. The Hall–Kier alpha value is -8.20. The van der Waals surface area contributed by atoms with Crippen molar-refractivity contribution in [1.29, 1.82) is 0 Å². The van der Waals surface area contributed by atoms with Gasteiger partial charge in [0.25, 0.3) is 0 Å². The lowest BCUT2D eigenvalue weighted by Gasteiger charge is -2.28. The fourth-order valence-corrected chi connectivity index (χ4v) is 11.1. The zero-order valence-electron chi connectivity index (χ0n) is 39.0. The van der Waals surface area contributed by atoms with Crippen LogP contribution in [0.2, 0.25) is 0 Å². The lowest BCUT2D eigenvalue weighted by atomic mass is 9.82. The molecule has 0 amide bonds. The monoisotopic (exact) mass is 872 g/mol. The molecule has 0 spiro atoms. The molecule has 12 rings (SSSR count). The molecule has 0 saturated heterocycles. The van der Waals surface area contributed by atoms with Gasteiger partial charge in [0.1, 0.15) is 0 Å². The third-order valence-electron chi connectivity index (χ3n) is 14.7. The third-order valence-corrected chi connectivity index (χ3v) is 14.7. The zero-order valence-corrected chi connectivity index (χ0v) is 39.0. The zero-order chi connectivity index (χ0) is 46.0. The van der Waals surface area contributed by atoms with Gasteiger partial charge in [-0.1, -0.05) is 198 Å². The van der Waals surface area contributed by atoms with E-state index in [0.29, 0.717) is 0 Å². The maximum atomic E-state index is 2.40. The second-order valence-electron chi connectivity index (χ2n) is 19.4. The minimum Gasteiger partial charge on any atom is -0.310 e. The SMILES string of the molecule is CC1(C)c2ccccc2-c2cc(N(c3ccc(-c4ccccc4)cc3)c3ccc(-c4ccc(N(c5ccc(-c6ccccc6)cc5)c5ccc6c(c5)-c5ccccc5C6(C)C)cc4)cc3)ccc21. The smallest absolute Gasteiger partial charge is 0.0468 e. The first-order valence-corrected chi connectivity index (χ1v) is 23.8. The van der Waals surface area contributed by atoms with Gasteiger partial charge >= 0.3 is 0 Å². The Labute approximate surface area is 401 Å². The molecule has 0 aromatic heterocycles. The first-order chi connectivity index (χ1) is 33.2. The van der Waals surface area contributed by atoms with Crippen LogP contribution in [0.3, 0.4) is 0 Å². The van der Waals surface area contributed by atoms with Gasteiger partial charge in [-0.05, 0) is 151 Å². The Morgan fingerprint density at radius 2 is 0.471 bits per heavy atom. The van der Waals surface area contributed by atoms with Crippen molar-refractivity contribution in [3.05, 3.63) is 265 Å². The van der Waals surface area contributed by atoms with Crippen molar-refractivity contribution in [1.82, 2.24) is 0 Å². The van der Waals surface area contributed by atoms with Gasteiger partial charge in [-0.3, -0.25) is 0 Å². The predicted octanol–water partition coefficient (Wildman–Crippen LogP) is 18.2. The maximum Gasteiger partial charge on any atom is 0.0468 e. The van der Waals surface area contributed by atoms with Gasteiger partial charge in [-0.15, -0.1) is 0 Å². The van der Waals surface area contributed by atoms with Crippen molar-refractivity contribution in [2.24, 2.45) is 0 Å². The lowest BCUT2D eigenvalue weighted by Crippen LogP contribution is -2.15. The average molecular weight is 873 g/mol. The van der Waals surface area contributed by atoms with E-state index in [1.54, 1.807) is 0 Å². The number of rotatable bonds is 9. The summed E-state index contributed by atoms with van der Waals surface area (Å²) in [7, 11) is 0. The Balaban J connectivity index is 0.903. The normalized spacial score (nSPS) is 13.5. The van der Waals surface area contributed by atoms with Crippen LogP contribution >= 0.6 is 0 Å². The van der Waals surface area contributed by atoms with E-state index < -0.39 is 0 Å². The molecule has 0 atom stereocenters. The molecule has 2 heteroatoms. The molecule has 2 aliphatic carbocycles. The van der Waals surface area contributed by atoms with Crippen LogP contribution in [-0.2, 0) is 10.8 Å². The van der Waals surface area contributed by atoms with Gasteiger partial charge in [0.05, 0.1) is 0 Å². The van der Waals surface area contributed by atoms with E-state index in [9.17, 15) is 0 Å². The number of hydrogen-bond acceptors (Lipinski definition) is 2. The summed E-state index contributed by atoms with van der Waals surface area (Å²) >= 11 is 0. The lowest BCUT2D eigenvalue weighted by molar-refractivity contribution is 0.660. The van der Waals surface area contributed by atoms with Crippen LogP contribution in [0.25, 0.3) is 55.6 Å². The number of anilines is 6. The highest BCUT2D eigenvalue weighted by Crippen LogP contribution is 2.52. The predicted molar refractivity (Wildman–Crippen MR) is 287 cm³/mol. The fraction of sp³-hybridized carbons (Fsp3) is 0.0909. The Bertz CT molecular complexity index is 3220. The molecule has 0 heterocycles. The van der Waals surface area contributed by atoms with Gasteiger partial charge < -0.3 is 9.80 Å². The van der Waals surface area contributed by atoms with E-state index in [1.807, 2.05) is 0 Å². The second-order valence-corrected chi connectivity index (χ2v) is 19.4. The quantitative estimate of drug-likeness (QED) is 0.143. The van der Waals surface area contributed by atoms with Crippen LogP contribution in [0.4, 0.5) is 34.1 Å². The number of nitrogens with zero attached hydrogens (tertiary/aromatic N) is 2. The summed E-state index contributed by atoms with van der Waals surface area (Å²) in [4.78, 5) is 4.79. The summed E-state index contributed by atoms with van der Waals surface area (Å²) in [5.41, 5.74) is 24.5. The first-order valence-electron chi connectivity index (χ1n) is 23.8. The molecule has 0 aliphatic heterocycles. The van der Waals surface area contributed by atoms with Crippen molar-refractivity contribution < 1.29 is 0 Å². The van der Waals surface area contributed by atoms with Gasteiger partial charge in [0.2, 0.25) is 0 Å². The summed E-state index contributed by atoms with van der Waals surface area (Å²) in [6, 6.07) is 89.2. The maximum absolute atomic E-state index is 2.40. The van der Waals surface area contributed by atoms with E-state index in [4.69, 9.17) is 0 Å². The molecule has 2 aliphatic rings. The molecule has 326 valence electrons. The van der Waals surface area contributed by atoms with E-state index >= 15 is 0 Å². The van der Waals surface area contributed by atoms with Crippen LogP contribution in [-0.4, -0.2) is 0 Å². The van der Waals surface area contributed by atoms with Gasteiger partial charge in [-0.25, -0.2) is 0 Å². The van der Waals surface area contributed by atoms with Crippen LogP contribution in [0.1, 0.15) is 49.9 Å². The van der Waals surface area contributed by atoms with Gasteiger partial charge in [-0.2, -0.15) is 0 Å². The van der Waals surface area contributed by atoms with Crippen molar-refractivity contribution in [3.63, 3.8) is 0 Å². The molecule has 0 saturated carbocycles. The highest BCUT2D eigenvalue weighted by Gasteiger charge is 2.37. The van der Waals surface area contributed by atoms with E-state index in [2.05, 4.69) is 280 Å². The molecule has 0 unspecified atom stereocenters. The summed E-state index contributed by atoms with van der Waals surface area (Å²) in [5.74, 6) is 0. The Kier molecular flexibility index (Phi) is 9.88. The topological polar surface area (TPSA) is 6.48 Å². The highest BCUT2D eigenvalue weighted by molar-refractivity contribution is 5.89. The minimum absolute atomic E-state index is 0.0572. The molecule has 2 nitrogen and oxygen atoms in total. The van der Waals surface area contributed by atoms with E-state index in [0.717, 1.165) is 34.1 Å².